The first kappa shape index (κ1) is 13.8. The number of nitrogens with one attached hydrogen (secondary N) is 1. The van der Waals surface area contributed by atoms with E-state index in [1.165, 1.54) is 6.92 Å². The molecule has 5 heteroatoms. The van der Waals surface area contributed by atoms with Gasteiger partial charge in [-0.1, -0.05) is 0 Å². The summed E-state index contributed by atoms with van der Waals surface area (Å²) in [5, 5.41) is 2.68. The highest BCUT2D eigenvalue weighted by molar-refractivity contribution is 5.87. The van der Waals surface area contributed by atoms with E-state index in [-0.39, 0.29) is 12.0 Å². The molecule has 1 aliphatic heterocycles. The number of ether oxygens (including phenoxy) is 1. The zero-order valence-electron chi connectivity index (χ0n) is 11.8. The summed E-state index contributed by atoms with van der Waals surface area (Å²) in [4.78, 5) is 17.5. The number of hydrogen-bond acceptors (Lipinski definition) is 4. The predicted molar refractivity (Wildman–Crippen MR) is 74.4 cm³/mol. The topological polar surface area (TPSA) is 54.5 Å². The van der Waals surface area contributed by atoms with Gasteiger partial charge in [0.25, 0.3) is 0 Å². The van der Waals surface area contributed by atoms with Crippen molar-refractivity contribution < 1.29 is 9.53 Å². The minimum Gasteiger partial charge on any atom is -0.490 e. The van der Waals surface area contributed by atoms with Crippen LogP contribution in [0.4, 0.5) is 5.82 Å². The second-order valence-electron chi connectivity index (χ2n) is 5.14. The molecule has 1 aromatic rings. The van der Waals surface area contributed by atoms with Gasteiger partial charge in [-0.15, -0.1) is 0 Å². The highest BCUT2D eigenvalue weighted by atomic mass is 16.5. The van der Waals surface area contributed by atoms with Crippen molar-refractivity contribution in [2.45, 2.75) is 32.8 Å². The first-order valence-electron chi connectivity index (χ1n) is 6.64. The van der Waals surface area contributed by atoms with Crippen molar-refractivity contribution in [3.8, 4) is 5.75 Å². The first-order chi connectivity index (χ1) is 9.04. The van der Waals surface area contributed by atoms with Crippen LogP contribution >= 0.6 is 0 Å². The lowest BCUT2D eigenvalue weighted by Crippen LogP contribution is -2.35. The lowest BCUT2D eigenvalue weighted by molar-refractivity contribution is -0.114. The number of rotatable bonds is 3. The normalized spacial score (nSPS) is 17.2. The Morgan fingerprint density at radius 1 is 1.47 bits per heavy atom. The number of aromatic nitrogens is 1. The molecule has 0 aliphatic carbocycles. The predicted octanol–water partition coefficient (Wildman–Crippen LogP) is 1.82. The summed E-state index contributed by atoms with van der Waals surface area (Å²) in [5.41, 5.74) is 0.994. The summed E-state index contributed by atoms with van der Waals surface area (Å²) in [7, 11) is 2.13. The largest absolute Gasteiger partial charge is 0.490 e. The maximum absolute atomic E-state index is 11.0. The molecule has 0 spiro atoms. The molecule has 0 atom stereocenters. The molecule has 1 fully saturated rings. The maximum atomic E-state index is 11.0. The quantitative estimate of drug-likeness (QED) is 0.904. The number of carbonyl (C=O) groups is 1. The maximum Gasteiger partial charge on any atom is 0.222 e. The Kier molecular flexibility index (Phi) is 4.37. The van der Waals surface area contributed by atoms with Crippen molar-refractivity contribution in [1.82, 2.24) is 9.88 Å². The third kappa shape index (κ3) is 3.92. The van der Waals surface area contributed by atoms with Gasteiger partial charge < -0.3 is 15.0 Å². The summed E-state index contributed by atoms with van der Waals surface area (Å²) in [6.45, 7) is 5.56. The van der Waals surface area contributed by atoms with E-state index in [0.29, 0.717) is 5.82 Å². The van der Waals surface area contributed by atoms with Gasteiger partial charge in [0.1, 0.15) is 17.7 Å². The fourth-order valence-corrected chi connectivity index (χ4v) is 2.16. The zero-order valence-corrected chi connectivity index (χ0v) is 11.8. The Balaban J connectivity index is 2.04. The number of amides is 1. The lowest BCUT2D eigenvalue weighted by Gasteiger charge is -2.29. The van der Waals surface area contributed by atoms with Crippen LogP contribution in [0, 0.1) is 6.92 Å². The van der Waals surface area contributed by atoms with Crippen molar-refractivity contribution in [3.63, 3.8) is 0 Å². The fraction of sp³-hybridized carbons (Fsp3) is 0.571. The SMILES string of the molecule is CC(=O)Nc1cc(OC2CCN(C)CC2)c(C)cn1. The molecule has 0 aromatic carbocycles. The van der Waals surface area contributed by atoms with Crippen LogP contribution in [0.25, 0.3) is 0 Å². The molecule has 1 saturated heterocycles. The standard InChI is InChI=1S/C14H21N3O2/c1-10-9-15-14(16-11(2)18)8-13(10)19-12-4-6-17(3)7-5-12/h8-9,12H,4-7H2,1-3H3,(H,15,16,18). The molecule has 0 saturated carbocycles. The van der Waals surface area contributed by atoms with Gasteiger partial charge in [0.05, 0.1) is 0 Å². The Morgan fingerprint density at radius 2 is 2.16 bits per heavy atom. The lowest BCUT2D eigenvalue weighted by atomic mass is 10.1. The molecule has 0 unspecified atom stereocenters. The van der Waals surface area contributed by atoms with Gasteiger partial charge in [-0.3, -0.25) is 4.79 Å². The average Bonchev–Trinajstić information content (AvgIpc) is 2.35. The van der Waals surface area contributed by atoms with Crippen molar-refractivity contribution >= 4 is 11.7 Å². The van der Waals surface area contributed by atoms with E-state index >= 15 is 0 Å². The van der Waals surface area contributed by atoms with Crippen molar-refractivity contribution in [2.75, 3.05) is 25.5 Å². The molecule has 0 radical (unpaired) electrons. The van der Waals surface area contributed by atoms with Crippen LogP contribution in [-0.2, 0) is 4.79 Å². The van der Waals surface area contributed by atoms with Crippen LogP contribution < -0.4 is 10.1 Å². The number of piperidine rings is 1. The van der Waals surface area contributed by atoms with Crippen LogP contribution in [0.5, 0.6) is 5.75 Å². The molecule has 0 bridgehead atoms. The van der Waals surface area contributed by atoms with Gasteiger partial charge in [-0.05, 0) is 26.8 Å². The molecule has 104 valence electrons. The van der Waals surface area contributed by atoms with Crippen LogP contribution in [0.2, 0.25) is 0 Å². The summed E-state index contributed by atoms with van der Waals surface area (Å²) in [6, 6.07) is 1.80. The van der Waals surface area contributed by atoms with Crippen LogP contribution in [0.15, 0.2) is 12.3 Å². The van der Waals surface area contributed by atoms with Gasteiger partial charge in [-0.25, -0.2) is 4.98 Å². The monoisotopic (exact) mass is 263 g/mol. The van der Waals surface area contributed by atoms with E-state index in [2.05, 4.69) is 22.2 Å². The number of anilines is 1. The van der Waals surface area contributed by atoms with E-state index in [1.54, 1.807) is 12.3 Å². The average molecular weight is 263 g/mol. The number of nitrogens with zero attached hydrogens (tertiary/aromatic N) is 2. The molecule has 1 N–H and O–H groups in total. The summed E-state index contributed by atoms with van der Waals surface area (Å²) >= 11 is 0. The first-order valence-corrected chi connectivity index (χ1v) is 6.64. The van der Waals surface area contributed by atoms with Gasteiger partial charge >= 0.3 is 0 Å². The highest BCUT2D eigenvalue weighted by Crippen LogP contribution is 2.24. The van der Waals surface area contributed by atoms with Gasteiger partial charge in [-0.2, -0.15) is 0 Å². The molecule has 5 nitrogen and oxygen atoms in total. The number of carbonyl (C=O) groups excluding carboxylic acids is 1. The van der Waals surface area contributed by atoms with E-state index in [4.69, 9.17) is 4.74 Å². The molecule has 1 aliphatic rings. The van der Waals surface area contributed by atoms with Gasteiger partial charge in [0.15, 0.2) is 0 Å². The van der Waals surface area contributed by atoms with E-state index in [9.17, 15) is 4.79 Å². The Morgan fingerprint density at radius 3 is 2.79 bits per heavy atom. The molecule has 1 amide bonds. The number of pyridine rings is 1. The summed E-state index contributed by atoms with van der Waals surface area (Å²) < 4.78 is 6.04. The Bertz CT molecular complexity index is 454. The van der Waals surface area contributed by atoms with Crippen molar-refractivity contribution in [1.29, 1.82) is 0 Å². The van der Waals surface area contributed by atoms with Crippen LogP contribution in [0.3, 0.4) is 0 Å². The van der Waals surface area contributed by atoms with Crippen LogP contribution in [-0.4, -0.2) is 42.0 Å². The molecule has 19 heavy (non-hydrogen) atoms. The molecule has 2 heterocycles. The van der Waals surface area contributed by atoms with E-state index < -0.39 is 0 Å². The molecular weight excluding hydrogens is 242 g/mol. The third-order valence-corrected chi connectivity index (χ3v) is 3.32. The van der Waals surface area contributed by atoms with Gasteiger partial charge in [0, 0.05) is 37.8 Å². The van der Waals surface area contributed by atoms with Crippen molar-refractivity contribution in [3.05, 3.63) is 17.8 Å². The summed E-state index contributed by atoms with van der Waals surface area (Å²) in [6.07, 6.45) is 4.05. The minimum absolute atomic E-state index is 0.124. The fourth-order valence-electron chi connectivity index (χ4n) is 2.16. The minimum atomic E-state index is -0.124. The zero-order chi connectivity index (χ0) is 13.8. The molecule has 1 aromatic heterocycles. The smallest absolute Gasteiger partial charge is 0.222 e. The highest BCUT2D eigenvalue weighted by Gasteiger charge is 2.19. The number of hydrogen-bond donors (Lipinski definition) is 1. The molecule has 2 rings (SSSR count). The van der Waals surface area contributed by atoms with Crippen molar-refractivity contribution in [2.24, 2.45) is 0 Å². The summed E-state index contributed by atoms with van der Waals surface area (Å²) in [5.74, 6) is 1.23. The van der Waals surface area contributed by atoms with Gasteiger partial charge in [0.2, 0.25) is 5.91 Å². The molecular formula is C14H21N3O2. The van der Waals surface area contributed by atoms with Crippen LogP contribution in [0.1, 0.15) is 25.3 Å². The van der Waals surface area contributed by atoms with E-state index in [0.717, 1.165) is 37.2 Å². The second-order valence-corrected chi connectivity index (χ2v) is 5.14. The number of likely N-dealkylation sites (tertiary alicyclic amines) is 1. The number of aryl methyl sites for hydroxylation is 1. The Hall–Kier alpha value is -1.62. The van der Waals surface area contributed by atoms with E-state index in [1.807, 2.05) is 6.92 Å². The second kappa shape index (κ2) is 6.02. The Labute approximate surface area is 114 Å². The third-order valence-electron chi connectivity index (χ3n) is 3.32.